The van der Waals surface area contributed by atoms with E-state index in [-0.39, 0.29) is 5.02 Å². The monoisotopic (exact) mass is 406 g/mol. The zero-order valence-corrected chi connectivity index (χ0v) is 16.9. The Bertz CT molecular complexity index is 1190. The fourth-order valence-corrected chi connectivity index (χ4v) is 3.35. The third-order valence-electron chi connectivity index (χ3n) is 4.81. The zero-order valence-electron chi connectivity index (χ0n) is 16.1. The average Bonchev–Trinajstić information content (AvgIpc) is 2.72. The van der Waals surface area contributed by atoms with Crippen molar-refractivity contribution < 1.29 is 4.39 Å². The largest absolute Gasteiger partial charge is 0.381 e. The molecule has 0 aliphatic rings. The minimum absolute atomic E-state index is 0.0595. The van der Waals surface area contributed by atoms with Gasteiger partial charge in [0.05, 0.1) is 10.5 Å². The lowest BCUT2D eigenvalue weighted by Gasteiger charge is -2.12. The number of fused-ring (bicyclic) bond motifs is 1. The number of aryl methyl sites for hydroxylation is 2. The van der Waals surface area contributed by atoms with Crippen molar-refractivity contribution in [2.45, 2.75) is 20.4 Å². The van der Waals surface area contributed by atoms with Gasteiger partial charge in [-0.15, -0.1) is 0 Å². The summed E-state index contributed by atoms with van der Waals surface area (Å²) >= 11 is 5.89. The van der Waals surface area contributed by atoms with Crippen LogP contribution in [0.4, 0.5) is 21.6 Å². The van der Waals surface area contributed by atoms with Crippen LogP contribution in [0, 0.1) is 19.7 Å². The maximum Gasteiger partial charge on any atom is 0.141 e. The molecule has 3 aromatic carbocycles. The van der Waals surface area contributed by atoms with E-state index in [0.717, 1.165) is 23.1 Å². The smallest absolute Gasteiger partial charge is 0.141 e. The van der Waals surface area contributed by atoms with E-state index in [1.807, 2.05) is 18.2 Å². The molecule has 0 aliphatic heterocycles. The number of hydrogen-bond acceptors (Lipinski definition) is 4. The van der Waals surface area contributed by atoms with Gasteiger partial charge in [0.2, 0.25) is 0 Å². The molecule has 29 heavy (non-hydrogen) atoms. The third kappa shape index (κ3) is 4.30. The minimum atomic E-state index is -0.456. The predicted molar refractivity (Wildman–Crippen MR) is 117 cm³/mol. The standard InChI is InChI=1S/C23H20ClFN4/c1-14-3-4-15(2)16(9-14)12-26-17-6-8-22-19(10-17)23(28-13-27-22)29-18-5-7-21(25)20(24)11-18/h3-11,13,26H,12H2,1-2H3,(H,27,28,29). The van der Waals surface area contributed by atoms with Gasteiger partial charge in [0, 0.05) is 23.3 Å². The SMILES string of the molecule is Cc1ccc(C)c(CNc2ccc3ncnc(Nc4ccc(F)c(Cl)c4)c3c2)c1. The molecule has 1 heterocycles. The van der Waals surface area contributed by atoms with E-state index in [9.17, 15) is 4.39 Å². The molecular weight excluding hydrogens is 387 g/mol. The Balaban J connectivity index is 1.61. The second kappa shape index (κ2) is 8.05. The molecule has 146 valence electrons. The summed E-state index contributed by atoms with van der Waals surface area (Å²) in [4.78, 5) is 8.69. The Hall–Kier alpha value is -3.18. The van der Waals surface area contributed by atoms with Crippen LogP contribution in [0.1, 0.15) is 16.7 Å². The molecule has 4 rings (SSSR count). The predicted octanol–water partition coefficient (Wildman–Crippen LogP) is 6.39. The lowest BCUT2D eigenvalue weighted by atomic mass is 10.1. The Morgan fingerprint density at radius 1 is 0.931 bits per heavy atom. The average molecular weight is 407 g/mol. The van der Waals surface area contributed by atoms with Crippen LogP contribution in [0.3, 0.4) is 0 Å². The van der Waals surface area contributed by atoms with Crippen molar-refractivity contribution in [1.82, 2.24) is 9.97 Å². The highest BCUT2D eigenvalue weighted by Crippen LogP contribution is 2.28. The molecule has 0 aliphatic carbocycles. The van der Waals surface area contributed by atoms with Gasteiger partial charge in [-0.2, -0.15) is 0 Å². The molecule has 0 radical (unpaired) electrons. The normalized spacial score (nSPS) is 10.9. The third-order valence-corrected chi connectivity index (χ3v) is 5.09. The van der Waals surface area contributed by atoms with Gasteiger partial charge >= 0.3 is 0 Å². The lowest BCUT2D eigenvalue weighted by Crippen LogP contribution is -2.02. The molecule has 0 fully saturated rings. The van der Waals surface area contributed by atoms with Gasteiger partial charge in [-0.05, 0) is 61.4 Å². The van der Waals surface area contributed by atoms with Crippen LogP contribution in [0.25, 0.3) is 10.9 Å². The van der Waals surface area contributed by atoms with Gasteiger partial charge in [-0.25, -0.2) is 14.4 Å². The van der Waals surface area contributed by atoms with Gasteiger partial charge in [-0.3, -0.25) is 0 Å². The second-order valence-corrected chi connectivity index (χ2v) is 7.40. The van der Waals surface area contributed by atoms with E-state index < -0.39 is 5.82 Å². The van der Waals surface area contributed by atoms with E-state index in [2.05, 4.69) is 52.6 Å². The summed E-state index contributed by atoms with van der Waals surface area (Å²) in [5.41, 5.74) is 6.19. The molecule has 0 bridgehead atoms. The Kier molecular flexibility index (Phi) is 5.32. The van der Waals surface area contributed by atoms with E-state index in [0.29, 0.717) is 11.5 Å². The molecule has 1 aromatic heterocycles. The van der Waals surface area contributed by atoms with E-state index in [1.165, 1.54) is 35.2 Å². The van der Waals surface area contributed by atoms with Crippen LogP contribution in [0.5, 0.6) is 0 Å². The first kappa shape index (κ1) is 19.2. The highest BCUT2D eigenvalue weighted by Gasteiger charge is 2.08. The molecular formula is C23H20ClFN4. The Morgan fingerprint density at radius 3 is 2.59 bits per heavy atom. The molecule has 6 heteroatoms. The van der Waals surface area contributed by atoms with Gasteiger partial charge in [0.1, 0.15) is 18.0 Å². The molecule has 4 aromatic rings. The van der Waals surface area contributed by atoms with Gasteiger partial charge < -0.3 is 10.6 Å². The maximum absolute atomic E-state index is 13.4. The van der Waals surface area contributed by atoms with Crippen molar-refractivity contribution in [2.75, 3.05) is 10.6 Å². The summed E-state index contributed by atoms with van der Waals surface area (Å²) in [6, 6.07) is 16.9. The Morgan fingerprint density at radius 2 is 1.76 bits per heavy atom. The summed E-state index contributed by atoms with van der Waals surface area (Å²) < 4.78 is 13.4. The maximum atomic E-state index is 13.4. The fourth-order valence-electron chi connectivity index (χ4n) is 3.16. The van der Waals surface area contributed by atoms with Crippen LogP contribution in [0.15, 0.2) is 60.9 Å². The highest BCUT2D eigenvalue weighted by atomic mass is 35.5. The number of aromatic nitrogens is 2. The van der Waals surface area contributed by atoms with Crippen molar-refractivity contribution in [3.8, 4) is 0 Å². The molecule has 0 atom stereocenters. The molecule has 0 saturated heterocycles. The first-order chi connectivity index (χ1) is 14.0. The van der Waals surface area contributed by atoms with Crippen LogP contribution in [-0.2, 0) is 6.54 Å². The van der Waals surface area contributed by atoms with Crippen molar-refractivity contribution in [1.29, 1.82) is 0 Å². The molecule has 0 saturated carbocycles. The summed E-state index contributed by atoms with van der Waals surface area (Å²) in [5.74, 6) is 0.177. The fraction of sp³-hybridized carbons (Fsp3) is 0.130. The number of benzene rings is 3. The van der Waals surface area contributed by atoms with E-state index in [1.54, 1.807) is 6.07 Å². The number of nitrogens with one attached hydrogen (secondary N) is 2. The first-order valence-electron chi connectivity index (χ1n) is 9.26. The lowest BCUT2D eigenvalue weighted by molar-refractivity contribution is 0.628. The number of hydrogen-bond donors (Lipinski definition) is 2. The second-order valence-electron chi connectivity index (χ2n) is 6.99. The molecule has 0 spiro atoms. The van der Waals surface area contributed by atoms with Crippen molar-refractivity contribution >= 4 is 39.7 Å². The number of rotatable bonds is 5. The number of anilines is 3. The van der Waals surface area contributed by atoms with E-state index >= 15 is 0 Å². The van der Waals surface area contributed by atoms with Gasteiger partial charge in [0.15, 0.2) is 0 Å². The van der Waals surface area contributed by atoms with E-state index in [4.69, 9.17) is 11.6 Å². The summed E-state index contributed by atoms with van der Waals surface area (Å²) in [7, 11) is 0. The van der Waals surface area contributed by atoms with Gasteiger partial charge in [0.25, 0.3) is 0 Å². The van der Waals surface area contributed by atoms with Crippen LogP contribution < -0.4 is 10.6 Å². The topological polar surface area (TPSA) is 49.8 Å². The molecule has 4 nitrogen and oxygen atoms in total. The van der Waals surface area contributed by atoms with Crippen molar-refractivity contribution in [2.24, 2.45) is 0 Å². The quantitative estimate of drug-likeness (QED) is 0.403. The molecule has 0 amide bonds. The number of nitrogens with zero attached hydrogens (tertiary/aromatic N) is 2. The molecule has 2 N–H and O–H groups in total. The zero-order chi connectivity index (χ0) is 20.4. The summed E-state index contributed by atoms with van der Waals surface area (Å²) in [6.07, 6.45) is 1.50. The van der Waals surface area contributed by atoms with Crippen LogP contribution in [-0.4, -0.2) is 9.97 Å². The van der Waals surface area contributed by atoms with Crippen LogP contribution >= 0.6 is 11.6 Å². The van der Waals surface area contributed by atoms with Crippen LogP contribution in [0.2, 0.25) is 5.02 Å². The van der Waals surface area contributed by atoms with Crippen molar-refractivity contribution in [3.05, 3.63) is 88.5 Å². The number of halogens is 2. The molecule has 0 unspecified atom stereocenters. The highest BCUT2D eigenvalue weighted by molar-refractivity contribution is 6.31. The first-order valence-corrected chi connectivity index (χ1v) is 9.64. The Labute approximate surface area is 173 Å². The van der Waals surface area contributed by atoms with Gasteiger partial charge in [-0.1, -0.05) is 35.4 Å². The minimum Gasteiger partial charge on any atom is -0.381 e. The summed E-state index contributed by atoms with van der Waals surface area (Å²) in [6.45, 7) is 4.93. The van der Waals surface area contributed by atoms with Crippen molar-refractivity contribution in [3.63, 3.8) is 0 Å². The summed E-state index contributed by atoms with van der Waals surface area (Å²) in [5, 5.41) is 7.60.